The molecule has 0 aromatic heterocycles. The highest BCUT2D eigenvalue weighted by Crippen LogP contribution is 2.31. The SMILES string of the molecule is COCCNCc1ccc(Sc2cccc(C)c2)c(C)c1. The Morgan fingerprint density at radius 3 is 2.67 bits per heavy atom. The standard InChI is InChI=1S/C18H23NOS/c1-14-5-4-6-17(11-14)21-18-8-7-16(12-15(18)2)13-19-9-10-20-3/h4-8,11-12,19H,9-10,13H2,1-3H3. The normalized spacial score (nSPS) is 10.8. The molecule has 2 nitrogen and oxygen atoms in total. The zero-order chi connectivity index (χ0) is 15.1. The van der Waals surface area contributed by atoms with Crippen LogP contribution in [-0.4, -0.2) is 20.3 Å². The summed E-state index contributed by atoms with van der Waals surface area (Å²) >= 11 is 1.83. The van der Waals surface area contributed by atoms with Gasteiger partial charge >= 0.3 is 0 Å². The average molecular weight is 301 g/mol. The summed E-state index contributed by atoms with van der Waals surface area (Å²) in [7, 11) is 1.73. The van der Waals surface area contributed by atoms with E-state index in [1.165, 1.54) is 26.5 Å². The lowest BCUT2D eigenvalue weighted by atomic mass is 10.1. The fraction of sp³-hybridized carbons (Fsp3) is 0.333. The quantitative estimate of drug-likeness (QED) is 0.775. The van der Waals surface area contributed by atoms with Crippen molar-refractivity contribution in [3.05, 3.63) is 59.2 Å². The number of hydrogen-bond acceptors (Lipinski definition) is 3. The van der Waals surface area contributed by atoms with Gasteiger partial charge in [0.15, 0.2) is 0 Å². The number of benzene rings is 2. The number of ether oxygens (including phenoxy) is 1. The van der Waals surface area contributed by atoms with Crippen LogP contribution in [0.5, 0.6) is 0 Å². The maximum Gasteiger partial charge on any atom is 0.0587 e. The lowest BCUT2D eigenvalue weighted by Crippen LogP contribution is -2.18. The second kappa shape index (κ2) is 8.23. The summed E-state index contributed by atoms with van der Waals surface area (Å²) in [5.41, 5.74) is 3.95. The van der Waals surface area contributed by atoms with Crippen molar-refractivity contribution < 1.29 is 4.74 Å². The van der Waals surface area contributed by atoms with Gasteiger partial charge in [-0.25, -0.2) is 0 Å². The van der Waals surface area contributed by atoms with Crippen LogP contribution in [0.25, 0.3) is 0 Å². The summed E-state index contributed by atoms with van der Waals surface area (Å²) in [4.78, 5) is 2.62. The topological polar surface area (TPSA) is 21.3 Å². The summed E-state index contributed by atoms with van der Waals surface area (Å²) in [6.07, 6.45) is 0. The van der Waals surface area contributed by atoms with Crippen molar-refractivity contribution in [2.45, 2.75) is 30.2 Å². The second-order valence-corrected chi connectivity index (χ2v) is 6.30. The summed E-state index contributed by atoms with van der Waals surface area (Å²) in [6.45, 7) is 6.83. The van der Waals surface area contributed by atoms with Crippen molar-refractivity contribution in [1.82, 2.24) is 5.32 Å². The molecule has 0 bridgehead atoms. The first kappa shape index (κ1) is 16.1. The number of methoxy groups -OCH3 is 1. The first-order valence-corrected chi connectivity index (χ1v) is 8.04. The molecule has 0 aliphatic heterocycles. The van der Waals surface area contributed by atoms with E-state index in [9.17, 15) is 0 Å². The molecule has 0 saturated heterocycles. The van der Waals surface area contributed by atoms with Crippen molar-refractivity contribution in [2.24, 2.45) is 0 Å². The van der Waals surface area contributed by atoms with Crippen LogP contribution in [0.15, 0.2) is 52.3 Å². The zero-order valence-corrected chi connectivity index (χ0v) is 13.8. The van der Waals surface area contributed by atoms with Gasteiger partial charge in [-0.2, -0.15) is 0 Å². The molecular formula is C18H23NOS. The molecule has 0 fully saturated rings. The Kier molecular flexibility index (Phi) is 6.30. The number of aryl methyl sites for hydroxylation is 2. The van der Waals surface area contributed by atoms with Crippen LogP contribution in [0.2, 0.25) is 0 Å². The Labute approximate surface area is 131 Å². The summed E-state index contributed by atoms with van der Waals surface area (Å²) in [5, 5.41) is 3.37. The van der Waals surface area contributed by atoms with E-state index in [1.807, 2.05) is 11.8 Å². The van der Waals surface area contributed by atoms with Crippen LogP contribution in [0.4, 0.5) is 0 Å². The first-order valence-electron chi connectivity index (χ1n) is 7.23. The molecule has 0 atom stereocenters. The predicted octanol–water partition coefficient (Wildman–Crippen LogP) is 4.19. The smallest absolute Gasteiger partial charge is 0.0587 e. The average Bonchev–Trinajstić information content (AvgIpc) is 2.46. The van der Waals surface area contributed by atoms with E-state index in [2.05, 4.69) is 61.6 Å². The third-order valence-electron chi connectivity index (χ3n) is 3.27. The molecule has 0 unspecified atom stereocenters. The van der Waals surface area contributed by atoms with E-state index in [1.54, 1.807) is 7.11 Å². The molecular weight excluding hydrogens is 278 g/mol. The fourth-order valence-corrected chi connectivity index (χ4v) is 3.15. The lowest BCUT2D eigenvalue weighted by molar-refractivity contribution is 0.199. The van der Waals surface area contributed by atoms with E-state index < -0.39 is 0 Å². The van der Waals surface area contributed by atoms with Crippen molar-refractivity contribution in [2.75, 3.05) is 20.3 Å². The van der Waals surface area contributed by atoms with Crippen LogP contribution in [-0.2, 0) is 11.3 Å². The maximum atomic E-state index is 5.03. The van der Waals surface area contributed by atoms with Crippen molar-refractivity contribution in [1.29, 1.82) is 0 Å². The van der Waals surface area contributed by atoms with E-state index in [4.69, 9.17) is 4.74 Å². The Morgan fingerprint density at radius 1 is 1.10 bits per heavy atom. The van der Waals surface area contributed by atoms with E-state index in [-0.39, 0.29) is 0 Å². The van der Waals surface area contributed by atoms with E-state index >= 15 is 0 Å². The number of nitrogens with one attached hydrogen (secondary N) is 1. The molecule has 21 heavy (non-hydrogen) atoms. The molecule has 0 aliphatic carbocycles. The minimum Gasteiger partial charge on any atom is -0.383 e. The molecule has 2 aromatic rings. The molecule has 2 aromatic carbocycles. The Morgan fingerprint density at radius 2 is 1.95 bits per heavy atom. The molecule has 1 N–H and O–H groups in total. The third-order valence-corrected chi connectivity index (χ3v) is 4.44. The zero-order valence-electron chi connectivity index (χ0n) is 13.0. The van der Waals surface area contributed by atoms with Gasteiger partial charge in [-0.1, -0.05) is 41.6 Å². The lowest BCUT2D eigenvalue weighted by Gasteiger charge is -2.10. The number of rotatable bonds is 7. The van der Waals surface area contributed by atoms with Gasteiger partial charge in [0, 0.05) is 30.0 Å². The molecule has 0 saturated carbocycles. The summed E-state index contributed by atoms with van der Waals surface area (Å²) < 4.78 is 5.03. The van der Waals surface area contributed by atoms with Crippen LogP contribution in [0, 0.1) is 13.8 Å². The Bertz CT molecular complexity index is 583. The van der Waals surface area contributed by atoms with Crippen molar-refractivity contribution >= 4 is 11.8 Å². The minimum atomic E-state index is 0.750. The van der Waals surface area contributed by atoms with Crippen LogP contribution in [0.1, 0.15) is 16.7 Å². The Balaban J connectivity index is 1.98. The van der Waals surface area contributed by atoms with Gasteiger partial charge in [0.25, 0.3) is 0 Å². The van der Waals surface area contributed by atoms with Gasteiger partial charge in [-0.3, -0.25) is 0 Å². The molecule has 3 heteroatoms. The predicted molar refractivity (Wildman–Crippen MR) is 90.1 cm³/mol. The highest BCUT2D eigenvalue weighted by atomic mass is 32.2. The van der Waals surface area contributed by atoms with E-state index in [0.717, 1.165) is 19.7 Å². The number of hydrogen-bond donors (Lipinski definition) is 1. The van der Waals surface area contributed by atoms with Crippen LogP contribution in [0.3, 0.4) is 0 Å². The monoisotopic (exact) mass is 301 g/mol. The molecule has 2 rings (SSSR count). The summed E-state index contributed by atoms with van der Waals surface area (Å²) in [5.74, 6) is 0. The maximum absolute atomic E-state index is 5.03. The first-order chi connectivity index (χ1) is 10.2. The summed E-state index contributed by atoms with van der Waals surface area (Å²) in [6, 6.07) is 15.3. The van der Waals surface area contributed by atoms with Gasteiger partial charge in [0.1, 0.15) is 0 Å². The molecule has 0 aliphatic rings. The molecule has 112 valence electrons. The van der Waals surface area contributed by atoms with Gasteiger partial charge in [0.2, 0.25) is 0 Å². The largest absolute Gasteiger partial charge is 0.383 e. The van der Waals surface area contributed by atoms with Gasteiger partial charge in [-0.15, -0.1) is 0 Å². The minimum absolute atomic E-state index is 0.750. The highest BCUT2D eigenvalue weighted by molar-refractivity contribution is 7.99. The second-order valence-electron chi connectivity index (χ2n) is 5.19. The fourth-order valence-electron chi connectivity index (χ4n) is 2.15. The van der Waals surface area contributed by atoms with Gasteiger partial charge in [0.05, 0.1) is 6.61 Å². The van der Waals surface area contributed by atoms with Gasteiger partial charge in [-0.05, 0) is 43.2 Å². The molecule has 0 spiro atoms. The molecule has 0 heterocycles. The molecule has 0 amide bonds. The van der Waals surface area contributed by atoms with Gasteiger partial charge < -0.3 is 10.1 Å². The highest BCUT2D eigenvalue weighted by Gasteiger charge is 2.03. The third kappa shape index (κ3) is 5.20. The van der Waals surface area contributed by atoms with Crippen molar-refractivity contribution in [3.63, 3.8) is 0 Å². The molecule has 0 radical (unpaired) electrons. The van der Waals surface area contributed by atoms with E-state index in [0.29, 0.717) is 0 Å². The van der Waals surface area contributed by atoms with Crippen molar-refractivity contribution in [3.8, 4) is 0 Å². The Hall–Kier alpha value is -1.29. The van der Waals surface area contributed by atoms with Crippen LogP contribution < -0.4 is 5.32 Å². The van der Waals surface area contributed by atoms with Crippen LogP contribution >= 0.6 is 11.8 Å².